The number of aliphatic hydroxyl groups is 1. The predicted octanol–water partition coefficient (Wildman–Crippen LogP) is 2.83. The molecule has 1 fully saturated rings. The summed E-state index contributed by atoms with van der Waals surface area (Å²) in [5, 5.41) is 12.5. The number of amides is 1. The summed E-state index contributed by atoms with van der Waals surface area (Å²) in [6, 6.07) is 6.43. The van der Waals surface area contributed by atoms with Crippen LogP contribution in [0.3, 0.4) is 0 Å². The maximum Gasteiger partial charge on any atom is 0.257 e. The van der Waals surface area contributed by atoms with Crippen molar-refractivity contribution < 1.29 is 9.90 Å². The fraction of sp³-hybridized carbons (Fsp3) is 0.562. The molecule has 1 aromatic carbocycles. The van der Waals surface area contributed by atoms with E-state index in [9.17, 15) is 9.90 Å². The maximum atomic E-state index is 11.5. The highest BCUT2D eigenvalue weighted by Gasteiger charge is 2.29. The fourth-order valence-electron chi connectivity index (χ4n) is 3.31. The lowest BCUT2D eigenvalue weighted by Gasteiger charge is -2.29. The van der Waals surface area contributed by atoms with Crippen LogP contribution in [0.2, 0.25) is 0 Å². The van der Waals surface area contributed by atoms with Crippen molar-refractivity contribution in [3.63, 3.8) is 0 Å². The molecular formula is C16H22N2O2. The van der Waals surface area contributed by atoms with E-state index in [0.29, 0.717) is 11.6 Å². The average Bonchev–Trinajstić information content (AvgIpc) is 2.65. The normalized spacial score (nSPS) is 23.1. The molecule has 1 unspecified atom stereocenters. The molecule has 0 bridgehead atoms. The van der Waals surface area contributed by atoms with Gasteiger partial charge in [-0.05, 0) is 25.0 Å². The molecule has 1 aromatic rings. The van der Waals surface area contributed by atoms with Crippen LogP contribution in [0.1, 0.15) is 50.2 Å². The molecule has 1 saturated carbocycles. The van der Waals surface area contributed by atoms with Crippen molar-refractivity contribution in [2.45, 2.75) is 50.7 Å². The van der Waals surface area contributed by atoms with Gasteiger partial charge in [-0.2, -0.15) is 0 Å². The molecule has 108 valence electrons. The van der Waals surface area contributed by atoms with E-state index in [4.69, 9.17) is 0 Å². The van der Waals surface area contributed by atoms with E-state index in [2.05, 4.69) is 17.3 Å². The summed E-state index contributed by atoms with van der Waals surface area (Å²) in [6.45, 7) is 0. The SMILES string of the molecule is CN(c1ccc2c(c1)NC(=O)C2O)C1CCCCCC1. The summed E-state index contributed by atoms with van der Waals surface area (Å²) in [7, 11) is 2.13. The first-order chi connectivity index (χ1) is 9.66. The highest BCUT2D eigenvalue weighted by Crippen LogP contribution is 2.35. The van der Waals surface area contributed by atoms with Crippen LogP contribution in [-0.2, 0) is 4.79 Å². The summed E-state index contributed by atoms with van der Waals surface area (Å²) in [6.07, 6.45) is 6.76. The van der Waals surface area contributed by atoms with Gasteiger partial charge in [-0.15, -0.1) is 0 Å². The number of nitrogens with zero attached hydrogens (tertiary/aromatic N) is 1. The van der Waals surface area contributed by atoms with Crippen LogP contribution in [0.15, 0.2) is 18.2 Å². The largest absolute Gasteiger partial charge is 0.378 e. The lowest BCUT2D eigenvalue weighted by atomic mass is 10.1. The Hall–Kier alpha value is -1.55. The van der Waals surface area contributed by atoms with Gasteiger partial charge < -0.3 is 15.3 Å². The van der Waals surface area contributed by atoms with Crippen LogP contribution in [0.5, 0.6) is 0 Å². The first-order valence-electron chi connectivity index (χ1n) is 7.52. The third-order valence-electron chi connectivity index (χ3n) is 4.62. The lowest BCUT2D eigenvalue weighted by Crippen LogP contribution is -2.31. The number of benzene rings is 1. The minimum absolute atomic E-state index is 0.325. The standard InChI is InChI=1S/C16H22N2O2/c1-18(11-6-4-2-3-5-7-11)12-8-9-13-14(10-12)17-16(20)15(13)19/h8-11,15,19H,2-7H2,1H3,(H,17,20). The van der Waals surface area contributed by atoms with Crippen molar-refractivity contribution in [1.82, 2.24) is 0 Å². The molecule has 1 atom stereocenters. The number of aliphatic hydroxyl groups excluding tert-OH is 1. The number of carbonyl (C=O) groups is 1. The highest BCUT2D eigenvalue weighted by molar-refractivity contribution is 6.02. The van der Waals surface area contributed by atoms with Crippen LogP contribution < -0.4 is 10.2 Å². The van der Waals surface area contributed by atoms with Gasteiger partial charge in [0.2, 0.25) is 0 Å². The van der Waals surface area contributed by atoms with Crippen molar-refractivity contribution in [3.05, 3.63) is 23.8 Å². The van der Waals surface area contributed by atoms with Crippen molar-refractivity contribution in [2.24, 2.45) is 0 Å². The molecule has 1 heterocycles. The van der Waals surface area contributed by atoms with Crippen LogP contribution in [0.4, 0.5) is 11.4 Å². The molecule has 4 nitrogen and oxygen atoms in total. The summed E-state index contributed by atoms with van der Waals surface area (Å²) in [5.74, 6) is -0.325. The Kier molecular flexibility index (Phi) is 3.66. The molecule has 0 radical (unpaired) electrons. The van der Waals surface area contributed by atoms with Crippen molar-refractivity contribution in [1.29, 1.82) is 0 Å². The summed E-state index contributed by atoms with van der Waals surface area (Å²) in [5.41, 5.74) is 2.55. The molecule has 0 aromatic heterocycles. The highest BCUT2D eigenvalue weighted by atomic mass is 16.3. The van der Waals surface area contributed by atoms with Crippen molar-refractivity contribution in [2.75, 3.05) is 17.3 Å². The molecule has 2 N–H and O–H groups in total. The number of rotatable bonds is 2. The van der Waals surface area contributed by atoms with E-state index in [1.807, 2.05) is 18.2 Å². The van der Waals surface area contributed by atoms with E-state index in [-0.39, 0.29) is 5.91 Å². The Bertz CT molecular complexity index is 507. The van der Waals surface area contributed by atoms with Crippen LogP contribution in [0, 0.1) is 0 Å². The minimum Gasteiger partial charge on any atom is -0.378 e. The molecule has 0 spiro atoms. The molecule has 1 amide bonds. The van der Waals surface area contributed by atoms with Crippen LogP contribution >= 0.6 is 0 Å². The zero-order valence-electron chi connectivity index (χ0n) is 11.9. The second-order valence-corrected chi connectivity index (χ2v) is 5.92. The first kappa shape index (κ1) is 13.4. The quantitative estimate of drug-likeness (QED) is 0.815. The number of fused-ring (bicyclic) bond motifs is 1. The molecule has 1 aliphatic heterocycles. The monoisotopic (exact) mass is 274 g/mol. The second-order valence-electron chi connectivity index (χ2n) is 5.92. The summed E-state index contributed by atoms with van der Waals surface area (Å²) >= 11 is 0. The Morgan fingerprint density at radius 1 is 1.20 bits per heavy atom. The van der Waals surface area contributed by atoms with E-state index < -0.39 is 6.10 Å². The molecule has 20 heavy (non-hydrogen) atoms. The van der Waals surface area contributed by atoms with Crippen molar-refractivity contribution in [3.8, 4) is 0 Å². The Morgan fingerprint density at radius 2 is 1.90 bits per heavy atom. The molecule has 3 rings (SSSR count). The van der Waals surface area contributed by atoms with Crippen LogP contribution in [-0.4, -0.2) is 24.1 Å². The zero-order valence-corrected chi connectivity index (χ0v) is 11.9. The molecule has 4 heteroatoms. The van der Waals surface area contributed by atoms with Gasteiger partial charge in [0.25, 0.3) is 5.91 Å². The van der Waals surface area contributed by atoms with Gasteiger partial charge in [0.1, 0.15) is 0 Å². The van der Waals surface area contributed by atoms with E-state index in [1.165, 1.54) is 38.5 Å². The minimum atomic E-state index is -1.01. The van der Waals surface area contributed by atoms with Gasteiger partial charge in [-0.1, -0.05) is 31.7 Å². The number of carbonyl (C=O) groups excluding carboxylic acids is 1. The molecule has 1 aliphatic carbocycles. The summed E-state index contributed by atoms with van der Waals surface area (Å²) < 4.78 is 0. The summed E-state index contributed by atoms with van der Waals surface area (Å²) in [4.78, 5) is 13.8. The lowest BCUT2D eigenvalue weighted by molar-refractivity contribution is -0.123. The number of nitrogens with one attached hydrogen (secondary N) is 1. The van der Waals surface area contributed by atoms with E-state index >= 15 is 0 Å². The fourth-order valence-corrected chi connectivity index (χ4v) is 3.31. The number of anilines is 2. The smallest absolute Gasteiger partial charge is 0.257 e. The van der Waals surface area contributed by atoms with Gasteiger partial charge in [-0.3, -0.25) is 4.79 Å². The van der Waals surface area contributed by atoms with Gasteiger partial charge in [0.15, 0.2) is 6.10 Å². The van der Waals surface area contributed by atoms with Gasteiger partial charge in [-0.25, -0.2) is 0 Å². The Morgan fingerprint density at radius 3 is 2.60 bits per heavy atom. The van der Waals surface area contributed by atoms with E-state index in [1.54, 1.807) is 0 Å². The average molecular weight is 274 g/mol. The van der Waals surface area contributed by atoms with Crippen molar-refractivity contribution >= 4 is 17.3 Å². The van der Waals surface area contributed by atoms with E-state index in [0.717, 1.165) is 11.4 Å². The predicted molar refractivity (Wildman–Crippen MR) is 79.9 cm³/mol. The Labute approximate surface area is 119 Å². The third kappa shape index (κ3) is 2.40. The topological polar surface area (TPSA) is 52.6 Å². The van der Waals surface area contributed by atoms with Gasteiger partial charge in [0, 0.05) is 30.0 Å². The zero-order chi connectivity index (χ0) is 14.1. The van der Waals surface area contributed by atoms with Gasteiger partial charge in [0.05, 0.1) is 0 Å². The third-order valence-corrected chi connectivity index (χ3v) is 4.62. The number of hydrogen-bond acceptors (Lipinski definition) is 3. The van der Waals surface area contributed by atoms with Gasteiger partial charge >= 0.3 is 0 Å². The second kappa shape index (κ2) is 5.44. The number of hydrogen-bond donors (Lipinski definition) is 2. The Balaban J connectivity index is 1.80. The molecular weight excluding hydrogens is 252 g/mol. The molecule has 0 saturated heterocycles. The maximum absolute atomic E-state index is 11.5. The first-order valence-corrected chi connectivity index (χ1v) is 7.52. The molecule has 2 aliphatic rings. The van der Waals surface area contributed by atoms with Crippen LogP contribution in [0.25, 0.3) is 0 Å².